The van der Waals surface area contributed by atoms with E-state index in [1.165, 1.54) is 32.1 Å². The lowest BCUT2D eigenvalue weighted by Crippen LogP contribution is -2.44. The zero-order valence-corrected chi connectivity index (χ0v) is 11.4. The largest absolute Gasteiger partial charge is 0.383 e. The zero-order valence-electron chi connectivity index (χ0n) is 11.4. The molecular weight excluding hydrogens is 216 g/mol. The van der Waals surface area contributed by atoms with Crippen molar-refractivity contribution in [3.63, 3.8) is 0 Å². The molecule has 0 saturated heterocycles. The summed E-state index contributed by atoms with van der Waals surface area (Å²) >= 11 is 0. The number of nitrogens with zero attached hydrogens (tertiary/aromatic N) is 1. The summed E-state index contributed by atoms with van der Waals surface area (Å²) in [6.45, 7) is 3.03. The fraction of sp³-hybridized carbons (Fsp3) is 0.923. The smallest absolute Gasteiger partial charge is 0.234 e. The summed E-state index contributed by atoms with van der Waals surface area (Å²) in [5, 5.41) is 2.95. The Morgan fingerprint density at radius 1 is 1.41 bits per heavy atom. The summed E-state index contributed by atoms with van der Waals surface area (Å²) < 4.78 is 5.00. The Labute approximate surface area is 105 Å². The van der Waals surface area contributed by atoms with Gasteiger partial charge in [0.1, 0.15) is 0 Å². The molecule has 1 rings (SSSR count). The molecule has 0 aromatic rings. The van der Waals surface area contributed by atoms with Gasteiger partial charge in [0.25, 0.3) is 0 Å². The van der Waals surface area contributed by atoms with Crippen LogP contribution in [0.5, 0.6) is 0 Å². The normalized spacial score (nSPS) is 19.3. The van der Waals surface area contributed by atoms with E-state index in [1.54, 1.807) is 7.11 Å². The molecule has 1 aliphatic carbocycles. The van der Waals surface area contributed by atoms with Crippen LogP contribution in [0, 0.1) is 0 Å². The number of ether oxygens (including phenoxy) is 1. The van der Waals surface area contributed by atoms with Crippen molar-refractivity contribution in [2.75, 3.05) is 27.3 Å². The van der Waals surface area contributed by atoms with Crippen LogP contribution < -0.4 is 5.32 Å². The maximum absolute atomic E-state index is 11.8. The molecule has 0 heterocycles. The molecule has 4 heteroatoms. The Hall–Kier alpha value is -0.610. The van der Waals surface area contributed by atoms with E-state index in [9.17, 15) is 4.79 Å². The quantitative estimate of drug-likeness (QED) is 0.765. The fourth-order valence-electron chi connectivity index (χ4n) is 2.49. The lowest BCUT2D eigenvalue weighted by Gasteiger charge is -2.30. The van der Waals surface area contributed by atoms with Gasteiger partial charge in [-0.2, -0.15) is 0 Å². The summed E-state index contributed by atoms with van der Waals surface area (Å²) in [4.78, 5) is 14.0. The number of methoxy groups -OCH3 is 1. The standard InChI is InChI=1S/C13H26N2O2/c1-11(10-17-3)14-13(16)9-15(2)12-7-5-4-6-8-12/h11-12H,4-10H2,1-3H3,(H,14,16)/t11-/m1/s1. The first kappa shape index (κ1) is 14.5. The van der Waals surface area contributed by atoms with Crippen LogP contribution in [0.25, 0.3) is 0 Å². The molecule has 1 aliphatic rings. The molecule has 4 nitrogen and oxygen atoms in total. The highest BCUT2D eigenvalue weighted by Gasteiger charge is 2.20. The molecule has 1 N–H and O–H groups in total. The van der Waals surface area contributed by atoms with E-state index in [0.29, 0.717) is 19.2 Å². The topological polar surface area (TPSA) is 41.6 Å². The first-order valence-electron chi connectivity index (χ1n) is 6.62. The Bertz CT molecular complexity index is 227. The van der Waals surface area contributed by atoms with Crippen LogP contribution in [0.1, 0.15) is 39.0 Å². The molecule has 0 aliphatic heterocycles. The van der Waals surface area contributed by atoms with Gasteiger partial charge in [-0.25, -0.2) is 0 Å². The van der Waals surface area contributed by atoms with Crippen molar-refractivity contribution >= 4 is 5.91 Å². The van der Waals surface area contributed by atoms with Crippen molar-refractivity contribution in [3.8, 4) is 0 Å². The van der Waals surface area contributed by atoms with Gasteiger partial charge in [-0.15, -0.1) is 0 Å². The van der Waals surface area contributed by atoms with Crippen molar-refractivity contribution in [2.24, 2.45) is 0 Å². The zero-order chi connectivity index (χ0) is 12.7. The van der Waals surface area contributed by atoms with Crippen molar-refractivity contribution < 1.29 is 9.53 Å². The molecule has 0 unspecified atom stereocenters. The second kappa shape index (κ2) is 7.67. The van der Waals surface area contributed by atoms with Crippen molar-refractivity contribution in [1.82, 2.24) is 10.2 Å². The molecule has 1 saturated carbocycles. The number of hydrogen-bond donors (Lipinski definition) is 1. The Morgan fingerprint density at radius 2 is 2.06 bits per heavy atom. The molecule has 1 atom stereocenters. The third-order valence-corrected chi connectivity index (χ3v) is 3.42. The first-order valence-corrected chi connectivity index (χ1v) is 6.62. The third-order valence-electron chi connectivity index (χ3n) is 3.42. The lowest BCUT2D eigenvalue weighted by atomic mass is 9.94. The highest BCUT2D eigenvalue weighted by Crippen LogP contribution is 2.21. The minimum absolute atomic E-state index is 0.0901. The van der Waals surface area contributed by atoms with Gasteiger partial charge in [-0.05, 0) is 26.8 Å². The van der Waals surface area contributed by atoms with Crippen LogP contribution in [0.15, 0.2) is 0 Å². The van der Waals surface area contributed by atoms with Gasteiger partial charge in [0.05, 0.1) is 13.2 Å². The highest BCUT2D eigenvalue weighted by molar-refractivity contribution is 5.78. The van der Waals surface area contributed by atoms with Gasteiger partial charge in [0, 0.05) is 19.2 Å². The van der Waals surface area contributed by atoms with Gasteiger partial charge in [0.15, 0.2) is 0 Å². The van der Waals surface area contributed by atoms with Crippen LogP contribution in [0.3, 0.4) is 0 Å². The van der Waals surface area contributed by atoms with E-state index in [2.05, 4.69) is 17.3 Å². The number of rotatable bonds is 6. The maximum atomic E-state index is 11.8. The van der Waals surface area contributed by atoms with Gasteiger partial charge >= 0.3 is 0 Å². The predicted molar refractivity (Wildman–Crippen MR) is 69.0 cm³/mol. The number of hydrogen-bond acceptors (Lipinski definition) is 3. The minimum atomic E-state index is 0.0901. The summed E-state index contributed by atoms with van der Waals surface area (Å²) in [5.74, 6) is 0.0997. The van der Waals surface area contributed by atoms with Crippen LogP contribution in [0.2, 0.25) is 0 Å². The predicted octanol–water partition coefficient (Wildman–Crippen LogP) is 1.40. The molecular formula is C13H26N2O2. The number of nitrogens with one attached hydrogen (secondary N) is 1. The summed E-state index contributed by atoms with van der Waals surface area (Å²) in [7, 11) is 3.70. The molecule has 1 amide bonds. The molecule has 0 bridgehead atoms. The fourth-order valence-corrected chi connectivity index (χ4v) is 2.49. The van der Waals surface area contributed by atoms with Crippen LogP contribution in [0.4, 0.5) is 0 Å². The van der Waals surface area contributed by atoms with Crippen LogP contribution >= 0.6 is 0 Å². The number of carbonyl (C=O) groups excluding carboxylic acids is 1. The summed E-state index contributed by atoms with van der Waals surface area (Å²) in [5.41, 5.74) is 0. The Balaban J connectivity index is 2.24. The number of amides is 1. The average Bonchev–Trinajstić information content (AvgIpc) is 2.30. The SMILES string of the molecule is COC[C@@H](C)NC(=O)CN(C)C1CCCCC1. The van der Waals surface area contributed by atoms with Crippen molar-refractivity contribution in [3.05, 3.63) is 0 Å². The van der Waals surface area contributed by atoms with E-state index >= 15 is 0 Å². The number of likely N-dealkylation sites (N-methyl/N-ethyl adjacent to an activating group) is 1. The van der Waals surface area contributed by atoms with Crippen LogP contribution in [-0.4, -0.2) is 50.2 Å². The lowest BCUT2D eigenvalue weighted by molar-refractivity contribution is -0.123. The summed E-state index contributed by atoms with van der Waals surface area (Å²) in [6, 6.07) is 0.680. The highest BCUT2D eigenvalue weighted by atomic mass is 16.5. The third kappa shape index (κ3) is 5.50. The second-order valence-electron chi connectivity index (χ2n) is 5.13. The maximum Gasteiger partial charge on any atom is 0.234 e. The number of carbonyl (C=O) groups is 1. The van der Waals surface area contributed by atoms with Gasteiger partial charge in [-0.3, -0.25) is 9.69 Å². The first-order chi connectivity index (χ1) is 8.13. The monoisotopic (exact) mass is 242 g/mol. The molecule has 17 heavy (non-hydrogen) atoms. The van der Waals surface area contributed by atoms with E-state index < -0.39 is 0 Å². The molecule has 1 fully saturated rings. The van der Waals surface area contributed by atoms with Crippen molar-refractivity contribution in [2.45, 2.75) is 51.1 Å². The van der Waals surface area contributed by atoms with E-state index in [-0.39, 0.29) is 11.9 Å². The molecule has 0 aromatic carbocycles. The van der Waals surface area contributed by atoms with Gasteiger partial charge < -0.3 is 10.1 Å². The molecule has 100 valence electrons. The molecule has 0 spiro atoms. The molecule has 0 radical (unpaired) electrons. The Kier molecular flexibility index (Phi) is 6.52. The summed E-state index contributed by atoms with van der Waals surface area (Å²) in [6.07, 6.45) is 6.42. The average molecular weight is 242 g/mol. The molecule has 0 aromatic heterocycles. The second-order valence-corrected chi connectivity index (χ2v) is 5.13. The van der Waals surface area contributed by atoms with Gasteiger partial charge in [-0.1, -0.05) is 19.3 Å². The van der Waals surface area contributed by atoms with E-state index in [4.69, 9.17) is 4.74 Å². The minimum Gasteiger partial charge on any atom is -0.383 e. The van der Waals surface area contributed by atoms with Crippen molar-refractivity contribution in [1.29, 1.82) is 0 Å². The van der Waals surface area contributed by atoms with Crippen LogP contribution in [-0.2, 0) is 9.53 Å². The Morgan fingerprint density at radius 3 is 2.65 bits per heavy atom. The van der Waals surface area contributed by atoms with Gasteiger partial charge in [0.2, 0.25) is 5.91 Å². The van der Waals surface area contributed by atoms with E-state index in [1.807, 2.05) is 6.92 Å². The van der Waals surface area contributed by atoms with E-state index in [0.717, 1.165) is 0 Å².